The van der Waals surface area contributed by atoms with Crippen molar-refractivity contribution in [3.63, 3.8) is 0 Å². The first-order chi connectivity index (χ1) is 16.4. The molecule has 2 rings (SSSR count). The molecular weight excluding hydrogens is 512 g/mol. The Morgan fingerprint density at radius 2 is 1.77 bits per heavy atom. The van der Waals surface area contributed by atoms with Crippen molar-refractivity contribution in [3.8, 4) is 0 Å². The maximum Gasteiger partial charge on any atom is 0.271 e. The number of anilines is 1. The lowest BCUT2D eigenvalue weighted by molar-refractivity contribution is -0.121. The number of sulfonamides is 1. The Bertz CT molecular complexity index is 1080. The van der Waals surface area contributed by atoms with E-state index >= 15 is 0 Å². The highest BCUT2D eigenvalue weighted by molar-refractivity contribution is 7.98. The Hall–Kier alpha value is -2.19. The summed E-state index contributed by atoms with van der Waals surface area (Å²) >= 11 is 2.54. The zero-order valence-corrected chi connectivity index (χ0v) is 22.5. The fourth-order valence-electron chi connectivity index (χ4n) is 3.33. The van der Waals surface area contributed by atoms with Crippen LogP contribution in [-0.4, -0.2) is 85.0 Å². The van der Waals surface area contributed by atoms with Crippen LogP contribution in [0.25, 0.3) is 0 Å². The van der Waals surface area contributed by atoms with Crippen molar-refractivity contribution in [2.24, 2.45) is 0 Å². The molecule has 194 valence electrons. The van der Waals surface area contributed by atoms with Gasteiger partial charge in [0, 0.05) is 19.4 Å². The van der Waals surface area contributed by atoms with Crippen molar-refractivity contribution in [2.75, 3.05) is 29.6 Å². The van der Waals surface area contributed by atoms with Crippen LogP contribution in [0.4, 0.5) is 5.13 Å². The van der Waals surface area contributed by atoms with E-state index in [4.69, 9.17) is 0 Å². The fraction of sp³-hybridized carbons (Fsp3) is 0.500. The molecule has 0 fully saturated rings. The van der Waals surface area contributed by atoms with E-state index in [1.165, 1.54) is 19.4 Å². The molecule has 13 heteroatoms. The molecule has 0 radical (unpaired) electrons. The third-order valence-electron chi connectivity index (χ3n) is 5.30. The Balaban J connectivity index is 2.27. The number of carbonyl (C=O) groups is 2. The molecule has 1 heterocycles. The summed E-state index contributed by atoms with van der Waals surface area (Å²) in [5.74, 6) is -0.308. The molecule has 0 saturated carbocycles. The molecule has 0 aliphatic heterocycles. The number of nitrogens with zero attached hydrogens (tertiary/aromatic N) is 2. The van der Waals surface area contributed by atoms with Crippen molar-refractivity contribution in [1.29, 1.82) is 0 Å². The van der Waals surface area contributed by atoms with Gasteiger partial charge in [0.15, 0.2) is 5.13 Å². The number of benzene rings is 1. The summed E-state index contributed by atoms with van der Waals surface area (Å²) in [4.78, 5) is 28.7. The Morgan fingerprint density at radius 1 is 1.14 bits per heavy atom. The lowest BCUT2D eigenvalue weighted by Crippen LogP contribution is -2.56. The molecule has 2 amide bonds. The predicted octanol–water partition coefficient (Wildman–Crippen LogP) is 0.860. The third kappa shape index (κ3) is 8.76. The molecule has 0 aliphatic carbocycles. The number of amides is 2. The summed E-state index contributed by atoms with van der Waals surface area (Å²) in [5, 5.41) is 29.0. The molecule has 1 aromatic heterocycles. The average molecular weight is 545 g/mol. The number of aromatic nitrogens is 1. The van der Waals surface area contributed by atoms with Gasteiger partial charge in [0.05, 0.1) is 18.3 Å². The second-order valence-electron chi connectivity index (χ2n) is 8.09. The highest BCUT2D eigenvalue weighted by atomic mass is 32.2. The van der Waals surface area contributed by atoms with Gasteiger partial charge in [-0.3, -0.25) is 9.59 Å². The van der Waals surface area contributed by atoms with E-state index < -0.39 is 40.2 Å². The minimum atomic E-state index is -3.54. The molecule has 4 N–H and O–H groups in total. The van der Waals surface area contributed by atoms with E-state index in [2.05, 4.69) is 15.6 Å². The van der Waals surface area contributed by atoms with E-state index in [0.29, 0.717) is 12.2 Å². The number of carbonyl (C=O) groups excluding carboxylic acids is 2. The number of rotatable bonds is 13. The summed E-state index contributed by atoms with van der Waals surface area (Å²) in [6, 6.07) is 7.53. The molecule has 2 aromatic rings. The quantitative estimate of drug-likeness (QED) is 0.290. The zero-order chi connectivity index (χ0) is 26.2. The van der Waals surface area contributed by atoms with Crippen LogP contribution in [0.5, 0.6) is 0 Å². The lowest BCUT2D eigenvalue weighted by Gasteiger charge is -2.32. The van der Waals surface area contributed by atoms with Crippen molar-refractivity contribution < 1.29 is 28.2 Å². The second-order valence-corrected chi connectivity index (χ2v) is 11.9. The van der Waals surface area contributed by atoms with E-state index in [1.807, 2.05) is 36.6 Å². The van der Waals surface area contributed by atoms with E-state index in [0.717, 1.165) is 27.5 Å². The van der Waals surface area contributed by atoms with Crippen LogP contribution in [0.15, 0.2) is 35.7 Å². The summed E-state index contributed by atoms with van der Waals surface area (Å²) in [7, 11) is -2.21. The first-order valence-corrected chi connectivity index (χ1v) is 14.9. The smallest absolute Gasteiger partial charge is 0.271 e. The van der Waals surface area contributed by atoms with Gasteiger partial charge in [-0.2, -0.15) is 11.8 Å². The minimum Gasteiger partial charge on any atom is -0.388 e. The molecule has 35 heavy (non-hydrogen) atoms. The van der Waals surface area contributed by atoms with Gasteiger partial charge >= 0.3 is 0 Å². The van der Waals surface area contributed by atoms with Gasteiger partial charge in [-0.25, -0.2) is 17.7 Å². The van der Waals surface area contributed by atoms with Gasteiger partial charge in [0.2, 0.25) is 15.9 Å². The fourth-order valence-corrected chi connectivity index (χ4v) is 5.36. The molecule has 0 aliphatic rings. The normalized spacial score (nSPS) is 15.0. The van der Waals surface area contributed by atoms with Crippen LogP contribution in [0.2, 0.25) is 0 Å². The van der Waals surface area contributed by atoms with Gasteiger partial charge < -0.3 is 20.8 Å². The summed E-state index contributed by atoms with van der Waals surface area (Å²) in [6.07, 6.45) is 0.815. The monoisotopic (exact) mass is 544 g/mol. The van der Waals surface area contributed by atoms with E-state index in [-0.39, 0.29) is 23.2 Å². The Labute approximate surface area is 214 Å². The summed E-state index contributed by atoms with van der Waals surface area (Å²) < 4.78 is 24.5. The van der Waals surface area contributed by atoms with Gasteiger partial charge in [0.25, 0.3) is 5.91 Å². The summed E-state index contributed by atoms with van der Waals surface area (Å²) in [5.41, 5.74) is 0.807. The molecule has 10 nitrogen and oxygen atoms in total. The van der Waals surface area contributed by atoms with Crippen LogP contribution >= 0.6 is 23.1 Å². The SMILES string of the molecule is CSCCC(NC(C)=O)C(O)C(O)C(Cc1ccccc1)NC(=O)c1csc(N(C)S(C)(=O)=O)n1. The Morgan fingerprint density at radius 3 is 2.34 bits per heavy atom. The maximum atomic E-state index is 13.0. The summed E-state index contributed by atoms with van der Waals surface area (Å²) in [6.45, 7) is 1.34. The highest BCUT2D eigenvalue weighted by Crippen LogP contribution is 2.22. The van der Waals surface area contributed by atoms with Crippen LogP contribution < -0.4 is 14.9 Å². The average Bonchev–Trinajstić information content (AvgIpc) is 3.30. The highest BCUT2D eigenvalue weighted by Gasteiger charge is 2.34. The number of aliphatic hydroxyl groups excluding tert-OH is 2. The number of thiazole rings is 1. The molecule has 1 aromatic carbocycles. The molecule has 4 atom stereocenters. The number of nitrogens with one attached hydrogen (secondary N) is 2. The van der Waals surface area contributed by atoms with Crippen molar-refractivity contribution in [1.82, 2.24) is 15.6 Å². The van der Waals surface area contributed by atoms with Gasteiger partial charge in [-0.1, -0.05) is 30.3 Å². The molecule has 4 unspecified atom stereocenters. The topological polar surface area (TPSA) is 149 Å². The Kier molecular flexibility index (Phi) is 11.0. The lowest BCUT2D eigenvalue weighted by atomic mass is 9.93. The van der Waals surface area contributed by atoms with Gasteiger partial charge in [-0.05, 0) is 30.4 Å². The number of thioether (sulfide) groups is 1. The first-order valence-electron chi connectivity index (χ1n) is 10.8. The first kappa shape index (κ1) is 29.0. The van der Waals surface area contributed by atoms with E-state index in [1.54, 1.807) is 11.8 Å². The number of aliphatic hydroxyl groups is 2. The van der Waals surface area contributed by atoms with Gasteiger partial charge in [-0.15, -0.1) is 11.3 Å². The maximum absolute atomic E-state index is 13.0. The largest absolute Gasteiger partial charge is 0.388 e. The standard InChI is InChI=1S/C22H32N4O6S3/c1-14(27)23-16(10-11-33-3)19(28)20(29)17(12-15-8-6-5-7-9-15)24-21(30)18-13-34-22(25-18)26(2)35(4,31)32/h5-9,13,16-17,19-20,28-29H,10-12H2,1-4H3,(H,23,27)(H,24,30). The minimum absolute atomic E-state index is 0.0129. The molecule has 0 bridgehead atoms. The van der Waals surface area contributed by atoms with Crippen molar-refractivity contribution in [3.05, 3.63) is 47.0 Å². The molecule has 0 spiro atoms. The van der Waals surface area contributed by atoms with Crippen LogP contribution in [0, 0.1) is 0 Å². The zero-order valence-electron chi connectivity index (χ0n) is 20.0. The predicted molar refractivity (Wildman–Crippen MR) is 139 cm³/mol. The molecule has 0 saturated heterocycles. The molecular formula is C22H32N4O6S3. The van der Waals surface area contributed by atoms with E-state index in [9.17, 15) is 28.2 Å². The number of hydrogen-bond donors (Lipinski definition) is 4. The van der Waals surface area contributed by atoms with Crippen LogP contribution in [0.3, 0.4) is 0 Å². The second kappa shape index (κ2) is 13.2. The third-order valence-corrected chi connectivity index (χ3v) is 8.15. The van der Waals surface area contributed by atoms with Crippen LogP contribution in [0.1, 0.15) is 29.4 Å². The van der Waals surface area contributed by atoms with Crippen molar-refractivity contribution in [2.45, 2.75) is 44.1 Å². The van der Waals surface area contributed by atoms with Gasteiger partial charge in [0.1, 0.15) is 17.9 Å². The number of hydrogen-bond acceptors (Lipinski definition) is 9. The van der Waals surface area contributed by atoms with Crippen molar-refractivity contribution >= 4 is 50.1 Å². The van der Waals surface area contributed by atoms with Crippen LogP contribution in [-0.2, 0) is 21.2 Å².